The lowest BCUT2D eigenvalue weighted by Crippen LogP contribution is -2.32. The van der Waals surface area contributed by atoms with Crippen LogP contribution in [-0.4, -0.2) is 47.2 Å². The van der Waals surface area contributed by atoms with Gasteiger partial charge in [0.05, 0.1) is 19.1 Å². The average Bonchev–Trinajstić information content (AvgIpc) is 2.72. The van der Waals surface area contributed by atoms with Crippen molar-refractivity contribution in [1.82, 2.24) is 9.62 Å². The SMILES string of the molecule is COc1cc2c(cc1OC)CN(CCCCNS(=O)(=O)c1cccc(C)c1)CC2.Cl. The van der Waals surface area contributed by atoms with Gasteiger partial charge in [0, 0.05) is 19.6 Å². The first-order valence-corrected chi connectivity index (χ1v) is 11.4. The molecule has 1 aliphatic heterocycles. The van der Waals surface area contributed by atoms with Crippen molar-refractivity contribution in [3.05, 3.63) is 53.1 Å². The average molecular weight is 455 g/mol. The Balaban J connectivity index is 0.00000320. The summed E-state index contributed by atoms with van der Waals surface area (Å²) in [5, 5.41) is 0. The molecule has 166 valence electrons. The molecular weight excluding hydrogens is 424 g/mol. The fourth-order valence-corrected chi connectivity index (χ4v) is 4.84. The minimum atomic E-state index is -3.43. The molecule has 6 nitrogen and oxygen atoms in total. The summed E-state index contributed by atoms with van der Waals surface area (Å²) in [5.74, 6) is 1.54. The number of benzene rings is 2. The number of aryl methyl sites for hydroxylation is 1. The first-order valence-electron chi connectivity index (χ1n) is 9.95. The van der Waals surface area contributed by atoms with Gasteiger partial charge in [0.15, 0.2) is 11.5 Å². The number of fused-ring (bicyclic) bond motifs is 1. The molecule has 0 fully saturated rings. The van der Waals surface area contributed by atoms with Gasteiger partial charge in [-0.3, -0.25) is 4.90 Å². The quantitative estimate of drug-likeness (QED) is 0.587. The summed E-state index contributed by atoms with van der Waals surface area (Å²) in [6, 6.07) is 11.1. The highest BCUT2D eigenvalue weighted by atomic mass is 35.5. The lowest BCUT2D eigenvalue weighted by Gasteiger charge is -2.29. The normalized spacial score (nSPS) is 14.0. The lowest BCUT2D eigenvalue weighted by atomic mass is 9.98. The number of hydrogen-bond donors (Lipinski definition) is 1. The molecule has 0 amide bonds. The summed E-state index contributed by atoms with van der Waals surface area (Å²) in [7, 11) is -0.117. The van der Waals surface area contributed by atoms with Crippen LogP contribution in [-0.2, 0) is 23.0 Å². The predicted octanol–water partition coefficient (Wildman–Crippen LogP) is 3.55. The van der Waals surface area contributed by atoms with Crippen LogP contribution in [0.3, 0.4) is 0 Å². The highest BCUT2D eigenvalue weighted by molar-refractivity contribution is 7.89. The molecule has 0 unspecified atom stereocenters. The second-order valence-corrected chi connectivity index (χ2v) is 9.19. The van der Waals surface area contributed by atoms with Crippen molar-refractivity contribution < 1.29 is 17.9 Å². The molecule has 1 heterocycles. The number of ether oxygens (including phenoxy) is 2. The first-order chi connectivity index (χ1) is 13.9. The van der Waals surface area contributed by atoms with E-state index in [-0.39, 0.29) is 12.4 Å². The monoisotopic (exact) mass is 454 g/mol. The molecule has 0 saturated heterocycles. The third-order valence-corrected chi connectivity index (χ3v) is 6.75. The highest BCUT2D eigenvalue weighted by Crippen LogP contribution is 2.33. The molecule has 0 spiro atoms. The molecule has 0 saturated carbocycles. The zero-order valence-corrected chi connectivity index (χ0v) is 19.4. The van der Waals surface area contributed by atoms with Crippen molar-refractivity contribution in [3.63, 3.8) is 0 Å². The van der Waals surface area contributed by atoms with Gasteiger partial charge >= 0.3 is 0 Å². The van der Waals surface area contributed by atoms with Gasteiger partial charge in [-0.25, -0.2) is 13.1 Å². The Morgan fingerprint density at radius 2 is 1.73 bits per heavy atom. The number of nitrogens with zero attached hydrogens (tertiary/aromatic N) is 1. The molecule has 0 radical (unpaired) electrons. The number of nitrogens with one attached hydrogen (secondary N) is 1. The third kappa shape index (κ3) is 6.11. The Hall–Kier alpha value is -1.80. The summed E-state index contributed by atoms with van der Waals surface area (Å²) in [5.41, 5.74) is 3.52. The Kier molecular flexibility index (Phi) is 8.97. The van der Waals surface area contributed by atoms with Crippen LogP contribution in [0.25, 0.3) is 0 Å². The maximum Gasteiger partial charge on any atom is 0.240 e. The molecule has 2 aromatic rings. The van der Waals surface area contributed by atoms with Gasteiger partial charge in [0.25, 0.3) is 0 Å². The molecule has 1 N–H and O–H groups in total. The molecule has 0 aromatic heterocycles. The molecule has 8 heteroatoms. The van der Waals surface area contributed by atoms with E-state index >= 15 is 0 Å². The first kappa shape index (κ1) is 24.5. The van der Waals surface area contributed by atoms with Gasteiger partial charge in [-0.15, -0.1) is 12.4 Å². The number of unbranched alkanes of at least 4 members (excludes halogenated alkanes) is 1. The van der Waals surface area contributed by atoms with Crippen molar-refractivity contribution in [2.45, 2.75) is 37.6 Å². The van der Waals surface area contributed by atoms with E-state index in [1.807, 2.05) is 13.0 Å². The van der Waals surface area contributed by atoms with Crippen molar-refractivity contribution in [2.24, 2.45) is 0 Å². The van der Waals surface area contributed by atoms with E-state index in [0.717, 1.165) is 56.0 Å². The van der Waals surface area contributed by atoms with Crippen molar-refractivity contribution in [3.8, 4) is 11.5 Å². The topological polar surface area (TPSA) is 67.9 Å². The molecule has 3 rings (SSSR count). The van der Waals surface area contributed by atoms with E-state index in [0.29, 0.717) is 11.4 Å². The molecule has 0 aliphatic carbocycles. The second-order valence-electron chi connectivity index (χ2n) is 7.42. The zero-order chi connectivity index (χ0) is 20.9. The van der Waals surface area contributed by atoms with Crippen LogP contribution in [0.1, 0.15) is 29.5 Å². The standard InChI is InChI=1S/C22H30N2O4S.ClH/c1-17-7-6-8-20(13-17)29(25,26)23-10-4-5-11-24-12-9-18-14-21(27-2)22(28-3)15-19(18)16-24;/h6-8,13-15,23H,4-5,9-12,16H2,1-3H3;1H. The number of hydrogen-bond acceptors (Lipinski definition) is 5. The fraction of sp³-hybridized carbons (Fsp3) is 0.455. The van der Waals surface area contributed by atoms with E-state index in [1.165, 1.54) is 11.1 Å². The number of rotatable bonds is 9. The lowest BCUT2D eigenvalue weighted by molar-refractivity contribution is 0.248. The number of methoxy groups -OCH3 is 2. The Labute approximate surface area is 186 Å². The summed E-state index contributed by atoms with van der Waals surface area (Å²) in [4.78, 5) is 2.73. The van der Waals surface area contributed by atoms with Gasteiger partial charge in [-0.05, 0) is 73.7 Å². The largest absolute Gasteiger partial charge is 0.493 e. The van der Waals surface area contributed by atoms with Crippen LogP contribution >= 0.6 is 12.4 Å². The molecule has 30 heavy (non-hydrogen) atoms. The summed E-state index contributed by atoms with van der Waals surface area (Å²) >= 11 is 0. The summed E-state index contributed by atoms with van der Waals surface area (Å²) < 4.78 is 38.2. The fourth-order valence-electron chi connectivity index (χ4n) is 3.67. The van der Waals surface area contributed by atoms with E-state index in [2.05, 4.69) is 21.8 Å². The summed E-state index contributed by atoms with van der Waals surface area (Å²) in [6.07, 6.45) is 2.73. The minimum Gasteiger partial charge on any atom is -0.493 e. The van der Waals surface area contributed by atoms with Crippen LogP contribution in [0.2, 0.25) is 0 Å². The van der Waals surface area contributed by atoms with Gasteiger partial charge in [-0.1, -0.05) is 12.1 Å². The van der Waals surface area contributed by atoms with E-state index < -0.39 is 10.0 Å². The maximum absolute atomic E-state index is 12.4. The predicted molar refractivity (Wildman–Crippen MR) is 121 cm³/mol. The molecule has 0 bridgehead atoms. The van der Waals surface area contributed by atoms with E-state index in [9.17, 15) is 8.42 Å². The van der Waals surface area contributed by atoms with E-state index in [4.69, 9.17) is 9.47 Å². The third-order valence-electron chi connectivity index (χ3n) is 5.29. The highest BCUT2D eigenvalue weighted by Gasteiger charge is 2.19. The van der Waals surface area contributed by atoms with Gasteiger partial charge in [-0.2, -0.15) is 0 Å². The zero-order valence-electron chi connectivity index (χ0n) is 17.8. The van der Waals surface area contributed by atoms with Crippen LogP contribution < -0.4 is 14.2 Å². The van der Waals surface area contributed by atoms with Crippen molar-refractivity contribution in [1.29, 1.82) is 0 Å². The summed E-state index contributed by atoms with van der Waals surface area (Å²) in [6.45, 7) is 5.16. The van der Waals surface area contributed by atoms with Gasteiger partial charge in [0.1, 0.15) is 0 Å². The minimum absolute atomic E-state index is 0. The Morgan fingerprint density at radius 3 is 2.40 bits per heavy atom. The Morgan fingerprint density at radius 1 is 1.03 bits per heavy atom. The molecule has 1 aliphatic rings. The maximum atomic E-state index is 12.4. The van der Waals surface area contributed by atoms with Gasteiger partial charge in [0.2, 0.25) is 10.0 Å². The van der Waals surface area contributed by atoms with Crippen LogP contribution in [0.4, 0.5) is 0 Å². The van der Waals surface area contributed by atoms with E-state index in [1.54, 1.807) is 32.4 Å². The molecule has 0 atom stereocenters. The second kappa shape index (κ2) is 11.0. The Bertz CT molecular complexity index is 950. The smallest absolute Gasteiger partial charge is 0.240 e. The molecular formula is C22H31ClN2O4S. The molecule has 2 aromatic carbocycles. The number of sulfonamides is 1. The van der Waals surface area contributed by atoms with Crippen LogP contribution in [0, 0.1) is 6.92 Å². The van der Waals surface area contributed by atoms with Gasteiger partial charge < -0.3 is 9.47 Å². The van der Waals surface area contributed by atoms with Crippen molar-refractivity contribution >= 4 is 22.4 Å². The van der Waals surface area contributed by atoms with Crippen LogP contribution in [0.15, 0.2) is 41.3 Å². The van der Waals surface area contributed by atoms with Crippen LogP contribution in [0.5, 0.6) is 11.5 Å². The van der Waals surface area contributed by atoms with Crippen molar-refractivity contribution in [2.75, 3.05) is 33.9 Å². The number of halogens is 1.